The molecule has 1 aliphatic rings. The summed E-state index contributed by atoms with van der Waals surface area (Å²) < 4.78 is 28.0. The highest BCUT2D eigenvalue weighted by Gasteiger charge is 2.30. The quantitative estimate of drug-likeness (QED) is 0.577. The van der Waals surface area contributed by atoms with E-state index in [0.29, 0.717) is 23.2 Å². The van der Waals surface area contributed by atoms with Crippen LogP contribution in [0.4, 0.5) is 8.78 Å². The second kappa shape index (κ2) is 9.32. The molecule has 33 heavy (non-hydrogen) atoms. The van der Waals surface area contributed by atoms with Crippen LogP contribution >= 0.6 is 0 Å². The van der Waals surface area contributed by atoms with Crippen molar-refractivity contribution in [2.75, 3.05) is 0 Å². The molecule has 0 spiro atoms. The van der Waals surface area contributed by atoms with Gasteiger partial charge >= 0.3 is 0 Å². The number of nitrogens with zero attached hydrogens (tertiary/aromatic N) is 2. The zero-order valence-electron chi connectivity index (χ0n) is 17.8. The molecule has 7 nitrogen and oxygen atoms in total. The van der Waals surface area contributed by atoms with Crippen molar-refractivity contribution in [3.63, 3.8) is 0 Å². The van der Waals surface area contributed by atoms with Crippen LogP contribution in [0.2, 0.25) is 0 Å². The van der Waals surface area contributed by atoms with E-state index in [1.165, 1.54) is 22.9 Å². The predicted molar refractivity (Wildman–Crippen MR) is 117 cm³/mol. The van der Waals surface area contributed by atoms with Gasteiger partial charge in [0, 0.05) is 23.2 Å². The summed E-state index contributed by atoms with van der Waals surface area (Å²) in [6.07, 6.45) is 0.597. The van der Waals surface area contributed by atoms with E-state index in [4.69, 9.17) is 0 Å². The molecule has 1 aliphatic heterocycles. The number of aromatic nitrogens is 2. The number of halogens is 2. The van der Waals surface area contributed by atoms with Crippen molar-refractivity contribution in [1.82, 2.24) is 20.4 Å². The first-order valence-electron chi connectivity index (χ1n) is 10.6. The van der Waals surface area contributed by atoms with Crippen molar-refractivity contribution >= 4 is 11.8 Å². The van der Waals surface area contributed by atoms with E-state index in [1.807, 2.05) is 19.1 Å². The third-order valence-electron chi connectivity index (χ3n) is 5.61. The van der Waals surface area contributed by atoms with Gasteiger partial charge in [-0.15, -0.1) is 0 Å². The second-order valence-electron chi connectivity index (χ2n) is 7.86. The zero-order valence-corrected chi connectivity index (χ0v) is 17.8. The molecule has 0 saturated heterocycles. The van der Waals surface area contributed by atoms with Gasteiger partial charge in [0.05, 0.1) is 24.7 Å². The minimum absolute atomic E-state index is 0.0659. The van der Waals surface area contributed by atoms with Gasteiger partial charge in [0.25, 0.3) is 11.5 Å². The van der Waals surface area contributed by atoms with Crippen LogP contribution < -0.4 is 16.2 Å². The van der Waals surface area contributed by atoms with Gasteiger partial charge in [0.1, 0.15) is 0 Å². The van der Waals surface area contributed by atoms with Crippen LogP contribution in [0.1, 0.15) is 41.7 Å². The summed E-state index contributed by atoms with van der Waals surface area (Å²) in [5.74, 6) is -2.46. The molecule has 0 bridgehead atoms. The summed E-state index contributed by atoms with van der Waals surface area (Å²) >= 11 is 0. The van der Waals surface area contributed by atoms with E-state index in [-0.39, 0.29) is 30.3 Å². The van der Waals surface area contributed by atoms with Gasteiger partial charge in [-0.2, -0.15) is 5.10 Å². The molecule has 2 aromatic carbocycles. The van der Waals surface area contributed by atoms with E-state index < -0.39 is 23.7 Å². The van der Waals surface area contributed by atoms with Gasteiger partial charge in [0.2, 0.25) is 5.91 Å². The number of carbonyl (C=O) groups excluding carboxylic acids is 2. The zero-order chi connectivity index (χ0) is 23.5. The Morgan fingerprint density at radius 2 is 1.91 bits per heavy atom. The summed E-state index contributed by atoms with van der Waals surface area (Å²) in [6, 6.07) is 12.4. The molecule has 0 aliphatic carbocycles. The molecule has 3 aromatic rings. The van der Waals surface area contributed by atoms with Crippen LogP contribution in [0.25, 0.3) is 11.3 Å². The van der Waals surface area contributed by atoms with Gasteiger partial charge in [-0.25, -0.2) is 13.5 Å². The van der Waals surface area contributed by atoms with Gasteiger partial charge in [-0.05, 0) is 42.3 Å². The van der Waals surface area contributed by atoms with Crippen LogP contribution in [-0.2, 0) is 11.3 Å². The predicted octanol–water partition coefficient (Wildman–Crippen LogP) is 2.96. The summed E-state index contributed by atoms with van der Waals surface area (Å²) in [4.78, 5) is 37.1. The molecular weight excluding hydrogens is 430 g/mol. The van der Waals surface area contributed by atoms with E-state index in [1.54, 1.807) is 12.1 Å². The Balaban J connectivity index is 1.46. The number of carbonyl (C=O) groups is 2. The first-order chi connectivity index (χ1) is 15.9. The van der Waals surface area contributed by atoms with Crippen LogP contribution in [-0.4, -0.2) is 27.6 Å². The molecule has 0 radical (unpaired) electrons. The van der Waals surface area contributed by atoms with Crippen LogP contribution in [0.3, 0.4) is 0 Å². The molecule has 2 N–H and O–H groups in total. The lowest BCUT2D eigenvalue weighted by molar-refractivity contribution is -0.122. The van der Waals surface area contributed by atoms with Crippen molar-refractivity contribution in [1.29, 1.82) is 0 Å². The van der Waals surface area contributed by atoms with E-state index in [0.717, 1.165) is 17.7 Å². The van der Waals surface area contributed by atoms with Crippen molar-refractivity contribution in [3.8, 4) is 11.3 Å². The molecule has 4 rings (SSSR count). The molecule has 2 heterocycles. The molecule has 0 fully saturated rings. The van der Waals surface area contributed by atoms with E-state index in [2.05, 4.69) is 15.7 Å². The number of benzene rings is 2. The van der Waals surface area contributed by atoms with Gasteiger partial charge in [-0.3, -0.25) is 14.4 Å². The standard InChI is InChI=1S/C24H22F2N4O3/c1-2-15(27-22(31)12-21-16-5-3-4-6-17(16)24(33)28-21)13-30-23(32)10-9-20(29-30)14-7-8-18(25)19(26)11-14/h3-11,15,21H,2,12-13H2,1H3,(H,27,31)(H,28,33)/t15-,21?/m1/s1. The van der Waals surface area contributed by atoms with Gasteiger partial charge in [-0.1, -0.05) is 25.1 Å². The molecule has 2 amide bonds. The van der Waals surface area contributed by atoms with Gasteiger partial charge < -0.3 is 10.6 Å². The van der Waals surface area contributed by atoms with Crippen LogP contribution in [0, 0.1) is 11.6 Å². The second-order valence-corrected chi connectivity index (χ2v) is 7.86. The molecule has 9 heteroatoms. The highest BCUT2D eigenvalue weighted by Crippen LogP contribution is 2.27. The van der Waals surface area contributed by atoms with E-state index >= 15 is 0 Å². The Labute approximate surface area is 188 Å². The lowest BCUT2D eigenvalue weighted by Gasteiger charge is -2.19. The average Bonchev–Trinajstić information content (AvgIpc) is 3.12. The highest BCUT2D eigenvalue weighted by molar-refractivity contribution is 5.99. The third-order valence-corrected chi connectivity index (χ3v) is 5.61. The van der Waals surface area contributed by atoms with Crippen molar-refractivity contribution in [2.45, 2.75) is 38.4 Å². The number of fused-ring (bicyclic) bond motifs is 1. The average molecular weight is 452 g/mol. The van der Waals surface area contributed by atoms with Crippen LogP contribution in [0.5, 0.6) is 0 Å². The fourth-order valence-corrected chi connectivity index (χ4v) is 3.83. The minimum atomic E-state index is -1.01. The molecule has 2 atom stereocenters. The Hall–Kier alpha value is -3.88. The lowest BCUT2D eigenvalue weighted by atomic mass is 10.0. The highest BCUT2D eigenvalue weighted by atomic mass is 19.2. The van der Waals surface area contributed by atoms with E-state index in [9.17, 15) is 23.2 Å². The fraction of sp³-hybridized carbons (Fsp3) is 0.250. The number of hydrogen-bond donors (Lipinski definition) is 2. The molecule has 1 aromatic heterocycles. The Morgan fingerprint density at radius 1 is 1.12 bits per heavy atom. The van der Waals surface area contributed by atoms with Crippen LogP contribution in [0.15, 0.2) is 59.4 Å². The minimum Gasteiger partial charge on any atom is -0.351 e. The summed E-state index contributed by atoms with van der Waals surface area (Å²) in [6.45, 7) is 1.97. The summed E-state index contributed by atoms with van der Waals surface area (Å²) in [7, 11) is 0. The largest absolute Gasteiger partial charge is 0.351 e. The SMILES string of the molecule is CC[C@H](Cn1nc(-c2ccc(F)c(F)c2)ccc1=O)NC(=O)CC1NC(=O)c2ccccc21. The maximum atomic E-state index is 13.6. The smallest absolute Gasteiger partial charge is 0.266 e. The van der Waals surface area contributed by atoms with Crippen molar-refractivity contribution in [2.24, 2.45) is 0 Å². The maximum Gasteiger partial charge on any atom is 0.266 e. The molecule has 0 saturated carbocycles. The monoisotopic (exact) mass is 452 g/mol. The fourth-order valence-electron chi connectivity index (χ4n) is 3.83. The Morgan fingerprint density at radius 3 is 2.67 bits per heavy atom. The normalized spacial score (nSPS) is 15.6. The van der Waals surface area contributed by atoms with Crippen molar-refractivity contribution < 1.29 is 18.4 Å². The molecule has 1 unspecified atom stereocenters. The van der Waals surface area contributed by atoms with Gasteiger partial charge in [0.15, 0.2) is 11.6 Å². The topological polar surface area (TPSA) is 93.1 Å². The number of hydrogen-bond acceptors (Lipinski definition) is 4. The molecular formula is C24H22F2N4O3. The number of nitrogens with one attached hydrogen (secondary N) is 2. The Kier molecular flexibility index (Phi) is 6.30. The Bertz CT molecular complexity index is 1270. The van der Waals surface area contributed by atoms with Crippen molar-refractivity contribution in [3.05, 3.63) is 87.7 Å². The third kappa shape index (κ3) is 4.82. The first kappa shape index (κ1) is 22.3. The maximum absolute atomic E-state index is 13.6. The summed E-state index contributed by atoms with van der Waals surface area (Å²) in [5.41, 5.74) is 1.59. The first-order valence-corrected chi connectivity index (χ1v) is 10.6. The number of amides is 2. The number of rotatable bonds is 7. The molecule has 170 valence electrons. The lowest BCUT2D eigenvalue weighted by Crippen LogP contribution is -2.41. The summed E-state index contributed by atoms with van der Waals surface area (Å²) in [5, 5.41) is 9.96.